The van der Waals surface area contributed by atoms with E-state index in [-0.39, 0.29) is 11.2 Å². The second-order valence-electron chi connectivity index (χ2n) is 4.79. The van der Waals surface area contributed by atoms with Gasteiger partial charge >= 0.3 is 0 Å². The van der Waals surface area contributed by atoms with Gasteiger partial charge in [-0.3, -0.25) is 4.79 Å². The third-order valence-electron chi connectivity index (χ3n) is 3.83. The molecule has 0 aliphatic carbocycles. The first kappa shape index (κ1) is 11.9. The Morgan fingerprint density at radius 3 is 3.11 bits per heavy atom. The molecule has 0 saturated carbocycles. The van der Waals surface area contributed by atoms with Crippen LogP contribution >= 0.6 is 11.6 Å². The van der Waals surface area contributed by atoms with Crippen LogP contribution in [-0.2, 0) is 14.9 Å². The number of hydrogen-bond acceptors (Lipinski definition) is 4. The SMILES string of the molecule is CN1C(=O)C2(CCCOCC2)c2nc(Cl)ncc21. The fourth-order valence-electron chi connectivity index (χ4n) is 2.88. The number of rotatable bonds is 0. The highest BCUT2D eigenvalue weighted by molar-refractivity contribution is 6.28. The van der Waals surface area contributed by atoms with Crippen LogP contribution in [0.4, 0.5) is 5.69 Å². The Bertz CT molecular complexity index is 498. The van der Waals surface area contributed by atoms with Gasteiger partial charge in [-0.05, 0) is 30.9 Å². The second kappa shape index (κ2) is 4.17. The van der Waals surface area contributed by atoms with Gasteiger partial charge in [0, 0.05) is 20.3 Å². The quantitative estimate of drug-likeness (QED) is 0.669. The molecule has 18 heavy (non-hydrogen) atoms. The molecule has 1 amide bonds. The van der Waals surface area contributed by atoms with Crippen molar-refractivity contribution in [3.8, 4) is 0 Å². The van der Waals surface area contributed by atoms with Crippen molar-refractivity contribution in [1.82, 2.24) is 9.97 Å². The molecule has 5 nitrogen and oxygen atoms in total. The number of halogens is 1. The zero-order chi connectivity index (χ0) is 12.8. The molecule has 1 saturated heterocycles. The summed E-state index contributed by atoms with van der Waals surface area (Å²) in [7, 11) is 1.76. The van der Waals surface area contributed by atoms with E-state index in [2.05, 4.69) is 9.97 Å². The van der Waals surface area contributed by atoms with Gasteiger partial charge in [-0.1, -0.05) is 0 Å². The number of aromatic nitrogens is 2. The molecule has 0 bridgehead atoms. The van der Waals surface area contributed by atoms with Crippen molar-refractivity contribution in [2.24, 2.45) is 0 Å². The molecule has 1 spiro atoms. The average Bonchev–Trinajstić information content (AvgIpc) is 2.57. The standard InChI is InChI=1S/C12H14ClN3O2/c1-16-8-7-14-11(13)15-9(8)12(10(16)17)3-2-5-18-6-4-12/h7H,2-6H2,1H3. The van der Waals surface area contributed by atoms with E-state index in [0.29, 0.717) is 19.6 Å². The van der Waals surface area contributed by atoms with Crippen molar-refractivity contribution in [3.63, 3.8) is 0 Å². The molecule has 0 aromatic carbocycles. The van der Waals surface area contributed by atoms with Crippen LogP contribution in [0.25, 0.3) is 0 Å². The molecule has 1 fully saturated rings. The first-order valence-electron chi connectivity index (χ1n) is 6.04. The van der Waals surface area contributed by atoms with Crippen LogP contribution in [0.1, 0.15) is 25.0 Å². The maximum Gasteiger partial charge on any atom is 0.239 e. The van der Waals surface area contributed by atoms with Crippen LogP contribution in [0.3, 0.4) is 0 Å². The maximum atomic E-state index is 12.6. The highest BCUT2D eigenvalue weighted by Gasteiger charge is 2.51. The highest BCUT2D eigenvalue weighted by Crippen LogP contribution is 2.45. The Morgan fingerprint density at radius 1 is 1.44 bits per heavy atom. The number of ether oxygens (including phenoxy) is 1. The minimum Gasteiger partial charge on any atom is -0.381 e. The Labute approximate surface area is 110 Å². The molecule has 2 aliphatic rings. The van der Waals surface area contributed by atoms with E-state index in [9.17, 15) is 4.79 Å². The van der Waals surface area contributed by atoms with Crippen LogP contribution in [-0.4, -0.2) is 36.1 Å². The summed E-state index contributed by atoms with van der Waals surface area (Å²) in [6.07, 6.45) is 3.91. The van der Waals surface area contributed by atoms with Gasteiger partial charge in [0.2, 0.25) is 11.2 Å². The maximum absolute atomic E-state index is 12.6. The van der Waals surface area contributed by atoms with Crippen molar-refractivity contribution in [3.05, 3.63) is 17.2 Å². The normalized spacial score (nSPS) is 27.4. The molecule has 1 unspecified atom stereocenters. The molecule has 1 atom stereocenters. The van der Waals surface area contributed by atoms with Gasteiger partial charge in [0.25, 0.3) is 0 Å². The zero-order valence-electron chi connectivity index (χ0n) is 10.1. The number of carbonyl (C=O) groups is 1. The number of fused-ring (bicyclic) bond motifs is 2. The van der Waals surface area contributed by atoms with Gasteiger partial charge in [-0.15, -0.1) is 0 Å². The van der Waals surface area contributed by atoms with Crippen LogP contribution < -0.4 is 4.90 Å². The molecule has 6 heteroatoms. The summed E-state index contributed by atoms with van der Waals surface area (Å²) in [6.45, 7) is 1.29. The van der Waals surface area contributed by atoms with Crippen LogP contribution in [0, 0.1) is 0 Å². The molecular weight excluding hydrogens is 254 g/mol. The first-order chi connectivity index (χ1) is 8.65. The van der Waals surface area contributed by atoms with Crippen LogP contribution in [0.5, 0.6) is 0 Å². The lowest BCUT2D eigenvalue weighted by atomic mass is 9.78. The zero-order valence-corrected chi connectivity index (χ0v) is 10.9. The second-order valence-corrected chi connectivity index (χ2v) is 5.12. The smallest absolute Gasteiger partial charge is 0.239 e. The van der Waals surface area contributed by atoms with Crippen molar-refractivity contribution in [2.75, 3.05) is 25.2 Å². The Hall–Kier alpha value is -1.20. The summed E-state index contributed by atoms with van der Waals surface area (Å²) in [5, 5.41) is 0.196. The van der Waals surface area contributed by atoms with Gasteiger partial charge < -0.3 is 9.64 Å². The fourth-order valence-corrected chi connectivity index (χ4v) is 3.02. The van der Waals surface area contributed by atoms with E-state index >= 15 is 0 Å². The first-order valence-corrected chi connectivity index (χ1v) is 6.42. The highest BCUT2D eigenvalue weighted by atomic mass is 35.5. The van der Waals surface area contributed by atoms with Gasteiger partial charge in [-0.25, -0.2) is 9.97 Å². The van der Waals surface area contributed by atoms with E-state index < -0.39 is 5.41 Å². The summed E-state index contributed by atoms with van der Waals surface area (Å²) in [4.78, 5) is 22.5. The number of nitrogens with zero attached hydrogens (tertiary/aromatic N) is 3. The molecule has 1 aromatic rings. The fraction of sp³-hybridized carbons (Fsp3) is 0.583. The molecule has 3 rings (SSSR count). The van der Waals surface area contributed by atoms with Crippen molar-refractivity contribution in [2.45, 2.75) is 24.7 Å². The lowest BCUT2D eigenvalue weighted by Crippen LogP contribution is -2.39. The number of hydrogen-bond donors (Lipinski definition) is 0. The predicted molar refractivity (Wildman–Crippen MR) is 66.8 cm³/mol. The largest absolute Gasteiger partial charge is 0.381 e. The van der Waals surface area contributed by atoms with Gasteiger partial charge in [0.1, 0.15) is 0 Å². The monoisotopic (exact) mass is 267 g/mol. The number of likely N-dealkylation sites (N-methyl/N-ethyl adjacent to an activating group) is 1. The van der Waals surface area contributed by atoms with Gasteiger partial charge in [0.15, 0.2) is 0 Å². The Kier molecular flexibility index (Phi) is 2.75. The van der Waals surface area contributed by atoms with Crippen molar-refractivity contribution in [1.29, 1.82) is 0 Å². The van der Waals surface area contributed by atoms with Crippen LogP contribution in [0.2, 0.25) is 5.28 Å². The average molecular weight is 268 g/mol. The molecule has 0 radical (unpaired) electrons. The summed E-state index contributed by atoms with van der Waals surface area (Å²) in [6, 6.07) is 0. The van der Waals surface area contributed by atoms with Crippen molar-refractivity contribution >= 4 is 23.2 Å². The summed E-state index contributed by atoms with van der Waals surface area (Å²) >= 11 is 5.88. The molecule has 0 N–H and O–H groups in total. The third kappa shape index (κ3) is 1.54. The molecule has 96 valence electrons. The lowest BCUT2D eigenvalue weighted by Gasteiger charge is -2.24. The van der Waals surface area contributed by atoms with Gasteiger partial charge in [-0.2, -0.15) is 0 Å². The summed E-state index contributed by atoms with van der Waals surface area (Å²) in [5.41, 5.74) is 0.972. The Morgan fingerprint density at radius 2 is 2.28 bits per heavy atom. The van der Waals surface area contributed by atoms with Gasteiger partial charge in [0.05, 0.1) is 23.0 Å². The number of anilines is 1. The van der Waals surface area contributed by atoms with E-state index in [4.69, 9.17) is 16.3 Å². The third-order valence-corrected chi connectivity index (χ3v) is 4.02. The van der Waals surface area contributed by atoms with E-state index in [1.54, 1.807) is 18.1 Å². The minimum atomic E-state index is -0.562. The molecular formula is C12H14ClN3O2. The topological polar surface area (TPSA) is 55.3 Å². The minimum absolute atomic E-state index is 0.0829. The summed E-state index contributed by atoms with van der Waals surface area (Å²) in [5.74, 6) is 0.0829. The molecule has 3 heterocycles. The number of carbonyl (C=O) groups excluding carboxylic acids is 1. The van der Waals surface area contributed by atoms with E-state index in [1.165, 1.54) is 0 Å². The predicted octanol–water partition coefficient (Wildman–Crippen LogP) is 1.54. The van der Waals surface area contributed by atoms with Crippen LogP contribution in [0.15, 0.2) is 6.20 Å². The molecule has 2 aliphatic heterocycles. The number of amides is 1. The van der Waals surface area contributed by atoms with Crippen molar-refractivity contribution < 1.29 is 9.53 Å². The summed E-state index contributed by atoms with van der Waals surface area (Å²) < 4.78 is 5.46. The van der Waals surface area contributed by atoms with E-state index in [1.807, 2.05) is 0 Å². The Balaban J connectivity index is 2.15. The molecule has 1 aromatic heterocycles. The lowest BCUT2D eigenvalue weighted by molar-refractivity contribution is -0.123. The van der Waals surface area contributed by atoms with E-state index in [0.717, 1.165) is 24.2 Å².